The number of fused-ring (bicyclic) bond motifs is 1. The molecule has 1 aromatic carbocycles. The van der Waals surface area contributed by atoms with Crippen LogP contribution in [0.15, 0.2) is 30.6 Å². The van der Waals surface area contributed by atoms with E-state index in [2.05, 4.69) is 9.97 Å². The van der Waals surface area contributed by atoms with Crippen LogP contribution >= 0.6 is 0 Å². The molecule has 5 nitrogen and oxygen atoms in total. The molecule has 15 heavy (non-hydrogen) atoms. The van der Waals surface area contributed by atoms with Crippen LogP contribution in [0.25, 0.3) is 11.0 Å². The number of hydrogen-bond donors (Lipinski definition) is 1. The molecule has 0 saturated heterocycles. The highest BCUT2D eigenvalue weighted by Gasteiger charge is 2.05. The summed E-state index contributed by atoms with van der Waals surface area (Å²) in [5.74, 6) is -0.181. The maximum absolute atomic E-state index is 10.9. The summed E-state index contributed by atoms with van der Waals surface area (Å²) in [6.45, 7) is 0. The largest absolute Gasteiger partial charge is 0.253 e. The molecule has 0 aliphatic rings. The van der Waals surface area contributed by atoms with Crippen LogP contribution in [0.4, 0.5) is 0 Å². The number of hydrogen-bond acceptors (Lipinski definition) is 4. The van der Waals surface area contributed by atoms with Crippen molar-refractivity contribution in [3.05, 3.63) is 36.2 Å². The summed E-state index contributed by atoms with van der Waals surface area (Å²) in [6.07, 6.45) is 3.14. The minimum Gasteiger partial charge on any atom is -0.253 e. The molecule has 2 rings (SSSR count). The van der Waals surface area contributed by atoms with Crippen molar-refractivity contribution in [1.29, 1.82) is 0 Å². The fourth-order valence-corrected chi connectivity index (χ4v) is 1.98. The molecule has 78 valence electrons. The Morgan fingerprint density at radius 2 is 1.80 bits per heavy atom. The molecule has 0 unspecified atom stereocenters. The first-order valence-corrected chi connectivity index (χ1v) is 5.96. The van der Waals surface area contributed by atoms with Gasteiger partial charge in [0, 0.05) is 12.4 Å². The third-order valence-electron chi connectivity index (χ3n) is 1.90. The number of nitrogens with two attached hydrogens (primary N) is 1. The minimum absolute atomic E-state index is 0.181. The number of rotatable bonds is 2. The summed E-state index contributed by atoms with van der Waals surface area (Å²) < 4.78 is 21.8. The molecule has 0 atom stereocenters. The summed E-state index contributed by atoms with van der Waals surface area (Å²) in [7, 11) is -3.49. The number of nitrogens with zero attached hydrogens (tertiary/aromatic N) is 2. The second-order valence-corrected chi connectivity index (χ2v) is 4.80. The Bertz CT molecular complexity index is 595. The third kappa shape index (κ3) is 2.48. The van der Waals surface area contributed by atoms with E-state index in [1.807, 2.05) is 0 Å². The van der Waals surface area contributed by atoms with Gasteiger partial charge in [-0.3, -0.25) is 9.97 Å². The fraction of sp³-hybridized carbons (Fsp3) is 0.111. The van der Waals surface area contributed by atoms with Gasteiger partial charge in [-0.15, -0.1) is 0 Å². The maximum Gasteiger partial charge on any atom is 0.213 e. The average Bonchev–Trinajstić information content (AvgIpc) is 2.15. The predicted molar refractivity (Wildman–Crippen MR) is 56.3 cm³/mol. The monoisotopic (exact) mass is 223 g/mol. The van der Waals surface area contributed by atoms with Crippen molar-refractivity contribution in [2.24, 2.45) is 5.14 Å². The van der Waals surface area contributed by atoms with E-state index in [1.54, 1.807) is 30.6 Å². The van der Waals surface area contributed by atoms with E-state index >= 15 is 0 Å². The third-order valence-corrected chi connectivity index (χ3v) is 2.64. The Balaban J connectivity index is 2.48. The summed E-state index contributed by atoms with van der Waals surface area (Å²) >= 11 is 0. The van der Waals surface area contributed by atoms with Gasteiger partial charge < -0.3 is 0 Å². The van der Waals surface area contributed by atoms with E-state index in [1.165, 1.54) is 0 Å². The molecule has 2 N–H and O–H groups in total. The normalized spacial score (nSPS) is 11.8. The van der Waals surface area contributed by atoms with E-state index in [0.29, 0.717) is 11.1 Å². The molecule has 1 heterocycles. The van der Waals surface area contributed by atoms with Crippen molar-refractivity contribution in [1.82, 2.24) is 9.97 Å². The van der Waals surface area contributed by atoms with Gasteiger partial charge in [-0.25, -0.2) is 13.6 Å². The average molecular weight is 223 g/mol. The molecule has 2 aromatic rings. The molecular formula is C9H9N3O2S. The smallest absolute Gasteiger partial charge is 0.213 e. The number of aromatic nitrogens is 2. The van der Waals surface area contributed by atoms with Crippen LogP contribution < -0.4 is 5.14 Å². The quantitative estimate of drug-likeness (QED) is 0.799. The second-order valence-electron chi connectivity index (χ2n) is 3.19. The van der Waals surface area contributed by atoms with Crippen molar-refractivity contribution in [2.45, 2.75) is 5.75 Å². The molecular weight excluding hydrogens is 214 g/mol. The Labute approximate surface area is 87.0 Å². The van der Waals surface area contributed by atoms with E-state index in [4.69, 9.17) is 5.14 Å². The molecule has 0 amide bonds. The highest BCUT2D eigenvalue weighted by molar-refractivity contribution is 7.88. The first-order chi connectivity index (χ1) is 7.04. The van der Waals surface area contributed by atoms with Crippen molar-refractivity contribution >= 4 is 21.1 Å². The molecule has 0 spiro atoms. The number of sulfonamides is 1. The fourth-order valence-electron chi connectivity index (χ4n) is 1.33. The molecule has 0 fully saturated rings. The Morgan fingerprint density at radius 1 is 1.13 bits per heavy atom. The van der Waals surface area contributed by atoms with Crippen molar-refractivity contribution in [3.63, 3.8) is 0 Å². The van der Waals surface area contributed by atoms with Crippen molar-refractivity contribution < 1.29 is 8.42 Å². The Morgan fingerprint density at radius 3 is 2.47 bits per heavy atom. The Kier molecular flexibility index (Phi) is 2.37. The summed E-state index contributed by atoms with van der Waals surface area (Å²) in [6, 6.07) is 5.08. The van der Waals surface area contributed by atoms with Gasteiger partial charge in [0.05, 0.1) is 16.8 Å². The van der Waals surface area contributed by atoms with Gasteiger partial charge in [-0.05, 0) is 17.7 Å². The lowest BCUT2D eigenvalue weighted by Crippen LogP contribution is -2.14. The molecule has 1 aromatic heterocycles. The minimum atomic E-state index is -3.49. The predicted octanol–water partition coefficient (Wildman–Crippen LogP) is 0.418. The van der Waals surface area contributed by atoms with Gasteiger partial charge in [0.25, 0.3) is 0 Å². The van der Waals surface area contributed by atoms with Gasteiger partial charge in [-0.2, -0.15) is 0 Å². The highest BCUT2D eigenvalue weighted by atomic mass is 32.2. The van der Waals surface area contributed by atoms with Crippen LogP contribution in [0.1, 0.15) is 5.56 Å². The molecule has 0 aliphatic carbocycles. The standard InChI is InChI=1S/C9H9N3O2S/c10-15(13,14)6-7-1-2-8-9(5-7)12-4-3-11-8/h1-5H,6H2,(H2,10,13,14). The summed E-state index contributed by atoms with van der Waals surface area (Å²) in [4.78, 5) is 8.15. The lowest BCUT2D eigenvalue weighted by Gasteiger charge is -2.00. The zero-order valence-corrected chi connectivity index (χ0v) is 8.61. The topological polar surface area (TPSA) is 85.9 Å². The van der Waals surface area contributed by atoms with Crippen molar-refractivity contribution in [2.75, 3.05) is 0 Å². The summed E-state index contributed by atoms with van der Waals surface area (Å²) in [5, 5.41) is 4.95. The van der Waals surface area contributed by atoms with Crippen LogP contribution in [0, 0.1) is 0 Å². The SMILES string of the molecule is NS(=O)(=O)Cc1ccc2nccnc2c1. The number of primary sulfonamides is 1. The zero-order chi connectivity index (χ0) is 10.9. The molecule has 0 bridgehead atoms. The van der Waals surface area contributed by atoms with Gasteiger partial charge >= 0.3 is 0 Å². The van der Waals surface area contributed by atoms with E-state index in [-0.39, 0.29) is 5.75 Å². The van der Waals surface area contributed by atoms with E-state index < -0.39 is 10.0 Å². The number of benzene rings is 1. The first-order valence-electron chi connectivity index (χ1n) is 4.25. The lowest BCUT2D eigenvalue weighted by molar-refractivity contribution is 0.597. The van der Waals surface area contributed by atoms with Crippen molar-refractivity contribution in [3.8, 4) is 0 Å². The van der Waals surface area contributed by atoms with Crippen LogP contribution in [0.2, 0.25) is 0 Å². The van der Waals surface area contributed by atoms with Crippen LogP contribution in [0.5, 0.6) is 0 Å². The van der Waals surface area contributed by atoms with Gasteiger partial charge in [-0.1, -0.05) is 6.07 Å². The van der Waals surface area contributed by atoms with Crippen LogP contribution in [-0.4, -0.2) is 18.4 Å². The zero-order valence-electron chi connectivity index (χ0n) is 7.79. The molecule has 0 saturated carbocycles. The van der Waals surface area contributed by atoms with Gasteiger partial charge in [0.2, 0.25) is 10.0 Å². The highest BCUT2D eigenvalue weighted by Crippen LogP contribution is 2.12. The molecule has 6 heteroatoms. The lowest BCUT2D eigenvalue weighted by atomic mass is 10.2. The van der Waals surface area contributed by atoms with Crippen LogP contribution in [-0.2, 0) is 15.8 Å². The van der Waals surface area contributed by atoms with E-state index in [0.717, 1.165) is 5.52 Å². The first kappa shape index (κ1) is 10.0. The second kappa shape index (κ2) is 3.56. The Hall–Kier alpha value is -1.53. The van der Waals surface area contributed by atoms with Crippen LogP contribution in [0.3, 0.4) is 0 Å². The van der Waals surface area contributed by atoms with Gasteiger partial charge in [0.15, 0.2) is 0 Å². The maximum atomic E-state index is 10.9. The summed E-state index contributed by atoms with van der Waals surface area (Å²) in [5.41, 5.74) is 2.01. The molecule has 0 aliphatic heterocycles. The van der Waals surface area contributed by atoms with E-state index in [9.17, 15) is 8.42 Å². The van der Waals surface area contributed by atoms with Gasteiger partial charge in [0.1, 0.15) is 0 Å². The molecule has 0 radical (unpaired) electrons.